The number of carbonyl (C=O) groups is 1. The molecule has 9 heteroatoms. The number of hydrogen-bond donors (Lipinski definition) is 1. The predicted molar refractivity (Wildman–Crippen MR) is 125 cm³/mol. The summed E-state index contributed by atoms with van der Waals surface area (Å²) in [6, 6.07) is 16.7. The Labute approximate surface area is 195 Å². The number of hydrogen-bond acceptors (Lipinski definition) is 9. The van der Waals surface area contributed by atoms with Crippen LogP contribution >= 0.6 is 11.8 Å². The van der Waals surface area contributed by atoms with Crippen LogP contribution in [0.15, 0.2) is 75.5 Å². The molecule has 8 nitrogen and oxygen atoms in total. The average Bonchev–Trinajstić information content (AvgIpc) is 3.16. The number of amidine groups is 1. The van der Waals surface area contributed by atoms with Crippen molar-refractivity contribution < 1.29 is 19.0 Å². The molecule has 4 rings (SSSR count). The van der Waals surface area contributed by atoms with Crippen molar-refractivity contribution in [3.8, 4) is 17.6 Å². The first-order valence-corrected chi connectivity index (χ1v) is 10.9. The van der Waals surface area contributed by atoms with E-state index < -0.39 is 12.0 Å². The van der Waals surface area contributed by atoms with Crippen molar-refractivity contribution in [1.29, 1.82) is 5.26 Å². The minimum Gasteiger partial charge on any atom is -0.493 e. The smallest absolute Gasteiger partial charge is 0.338 e. The van der Waals surface area contributed by atoms with Crippen LogP contribution in [0.1, 0.15) is 24.1 Å². The molecule has 0 fully saturated rings. The number of carbonyl (C=O) groups excluding carboxylic acids is 1. The molecule has 0 unspecified atom stereocenters. The summed E-state index contributed by atoms with van der Waals surface area (Å²) in [5, 5.41) is 10.00. The highest BCUT2D eigenvalue weighted by atomic mass is 32.2. The van der Waals surface area contributed by atoms with Gasteiger partial charge in [0.15, 0.2) is 16.7 Å². The predicted octanol–water partition coefficient (Wildman–Crippen LogP) is 3.83. The number of rotatable bonds is 6. The standard InChI is InChI=1S/C24H22N4O4S/c1-14-20(23(29)31-3)21(28-22(26)19(12-25)33-24(28)27-14)16-9-10-17(18(11-16)30-2)32-13-15-7-5-4-6-8-15/h4-11,21H,13,26H2,1-3H3/t21-/m0/s1. The lowest BCUT2D eigenvalue weighted by molar-refractivity contribution is -0.136. The van der Waals surface area contributed by atoms with Crippen LogP contribution < -0.4 is 15.2 Å². The normalized spacial score (nSPS) is 17.3. The van der Waals surface area contributed by atoms with Crippen LogP contribution in [0.3, 0.4) is 0 Å². The molecule has 0 amide bonds. The fourth-order valence-corrected chi connectivity index (χ4v) is 4.65. The summed E-state index contributed by atoms with van der Waals surface area (Å²) in [5.41, 5.74) is 8.87. The van der Waals surface area contributed by atoms with E-state index in [-0.39, 0.29) is 5.82 Å². The third kappa shape index (κ3) is 4.13. The van der Waals surface area contributed by atoms with Crippen LogP contribution in [0.5, 0.6) is 11.5 Å². The molecule has 0 bridgehead atoms. The van der Waals surface area contributed by atoms with Crippen molar-refractivity contribution in [3.05, 3.63) is 81.7 Å². The Kier molecular flexibility index (Phi) is 6.29. The highest BCUT2D eigenvalue weighted by Gasteiger charge is 2.42. The summed E-state index contributed by atoms with van der Waals surface area (Å²) in [4.78, 5) is 19.2. The highest BCUT2D eigenvalue weighted by Crippen LogP contribution is 2.46. The summed E-state index contributed by atoms with van der Waals surface area (Å²) in [5.74, 6) is 0.784. The zero-order valence-corrected chi connectivity index (χ0v) is 19.2. The van der Waals surface area contributed by atoms with Crippen LogP contribution in [0.4, 0.5) is 0 Å². The van der Waals surface area contributed by atoms with E-state index in [0.29, 0.717) is 45.0 Å². The number of ether oxygens (including phenoxy) is 3. The number of nitrogens with two attached hydrogens (primary N) is 1. The summed E-state index contributed by atoms with van der Waals surface area (Å²) in [6.07, 6.45) is 0. The number of nitriles is 1. The Morgan fingerprint density at radius 1 is 1.21 bits per heavy atom. The van der Waals surface area contributed by atoms with Gasteiger partial charge in [0, 0.05) is 0 Å². The van der Waals surface area contributed by atoms with E-state index in [1.165, 1.54) is 18.9 Å². The van der Waals surface area contributed by atoms with Crippen LogP contribution in [0.2, 0.25) is 0 Å². The van der Waals surface area contributed by atoms with Gasteiger partial charge in [-0.15, -0.1) is 0 Å². The van der Waals surface area contributed by atoms with E-state index in [1.807, 2.05) is 36.4 Å². The Morgan fingerprint density at radius 2 is 1.97 bits per heavy atom. The van der Waals surface area contributed by atoms with E-state index in [4.69, 9.17) is 19.9 Å². The van der Waals surface area contributed by atoms with Crippen molar-refractivity contribution in [3.63, 3.8) is 0 Å². The Hall–Kier alpha value is -3.90. The van der Waals surface area contributed by atoms with Gasteiger partial charge < -0.3 is 19.9 Å². The molecule has 1 atom stereocenters. The van der Waals surface area contributed by atoms with Gasteiger partial charge in [0.05, 0.1) is 31.5 Å². The van der Waals surface area contributed by atoms with Crippen molar-refractivity contribution in [2.45, 2.75) is 19.6 Å². The quantitative estimate of drug-likeness (QED) is 0.645. The lowest BCUT2D eigenvalue weighted by atomic mass is 9.94. The largest absolute Gasteiger partial charge is 0.493 e. The third-order valence-corrected chi connectivity index (χ3v) is 6.30. The van der Waals surface area contributed by atoms with Gasteiger partial charge in [0.1, 0.15) is 23.4 Å². The van der Waals surface area contributed by atoms with Crippen molar-refractivity contribution in [2.24, 2.45) is 10.7 Å². The van der Waals surface area contributed by atoms with Crippen LogP contribution in [-0.4, -0.2) is 30.3 Å². The topological polar surface area (TPSA) is 110 Å². The molecule has 0 radical (unpaired) electrons. The Balaban J connectivity index is 1.74. The number of aliphatic imine (C=N–C) groups is 1. The molecule has 2 N–H and O–H groups in total. The zero-order valence-electron chi connectivity index (χ0n) is 18.4. The van der Waals surface area contributed by atoms with E-state index in [0.717, 1.165) is 5.56 Å². The zero-order chi connectivity index (χ0) is 23.5. The first-order chi connectivity index (χ1) is 16.0. The molecule has 2 aliphatic heterocycles. The van der Waals surface area contributed by atoms with Gasteiger partial charge in [-0.05, 0) is 41.9 Å². The van der Waals surface area contributed by atoms with Crippen molar-refractivity contribution in [2.75, 3.05) is 14.2 Å². The summed E-state index contributed by atoms with van der Waals surface area (Å²) >= 11 is 1.17. The number of thioether (sulfide) groups is 1. The lowest BCUT2D eigenvalue weighted by Crippen LogP contribution is -2.38. The van der Waals surface area contributed by atoms with E-state index >= 15 is 0 Å². The second kappa shape index (κ2) is 9.30. The maximum atomic E-state index is 12.7. The van der Waals surface area contributed by atoms with Gasteiger partial charge in [-0.1, -0.05) is 36.4 Å². The summed E-state index contributed by atoms with van der Waals surface area (Å²) in [7, 11) is 2.87. The van der Waals surface area contributed by atoms with E-state index in [2.05, 4.69) is 11.1 Å². The second-order valence-electron chi connectivity index (χ2n) is 7.27. The molecule has 0 aliphatic carbocycles. The number of esters is 1. The Morgan fingerprint density at radius 3 is 2.64 bits per heavy atom. The average molecular weight is 463 g/mol. The number of fused-ring (bicyclic) bond motifs is 1. The Bertz CT molecular complexity index is 1230. The fourth-order valence-electron chi connectivity index (χ4n) is 3.74. The summed E-state index contributed by atoms with van der Waals surface area (Å²) in [6.45, 7) is 2.12. The lowest BCUT2D eigenvalue weighted by Gasteiger charge is -2.34. The molecule has 168 valence electrons. The van der Waals surface area contributed by atoms with Gasteiger partial charge in [-0.25, -0.2) is 9.79 Å². The number of nitrogens with zero attached hydrogens (tertiary/aromatic N) is 3. The van der Waals surface area contributed by atoms with Gasteiger partial charge >= 0.3 is 5.97 Å². The molecule has 2 aliphatic rings. The first-order valence-electron chi connectivity index (χ1n) is 10.1. The molecular formula is C24H22N4O4S. The molecule has 0 saturated heterocycles. The molecule has 33 heavy (non-hydrogen) atoms. The van der Waals surface area contributed by atoms with Crippen LogP contribution in [0.25, 0.3) is 0 Å². The minimum absolute atomic E-state index is 0.239. The first kappa shape index (κ1) is 22.3. The second-order valence-corrected chi connectivity index (χ2v) is 8.25. The fraction of sp³-hybridized carbons (Fsp3) is 0.208. The molecular weight excluding hydrogens is 440 g/mol. The van der Waals surface area contributed by atoms with Gasteiger partial charge in [0.25, 0.3) is 0 Å². The maximum Gasteiger partial charge on any atom is 0.338 e. The third-order valence-electron chi connectivity index (χ3n) is 5.32. The van der Waals surface area contributed by atoms with Gasteiger partial charge in [-0.3, -0.25) is 4.90 Å². The molecule has 2 aromatic carbocycles. The van der Waals surface area contributed by atoms with E-state index in [9.17, 15) is 10.1 Å². The van der Waals surface area contributed by atoms with Gasteiger partial charge in [-0.2, -0.15) is 5.26 Å². The van der Waals surface area contributed by atoms with Gasteiger partial charge in [0.2, 0.25) is 0 Å². The SMILES string of the molecule is COC(=O)C1=C(C)N=C2SC(C#N)=C(N)N2[C@H]1c1ccc(OCc2ccccc2)c(OC)c1. The summed E-state index contributed by atoms with van der Waals surface area (Å²) < 4.78 is 16.6. The number of methoxy groups -OCH3 is 2. The monoisotopic (exact) mass is 462 g/mol. The van der Waals surface area contributed by atoms with Crippen molar-refractivity contribution in [1.82, 2.24) is 4.90 Å². The molecule has 2 heterocycles. The molecule has 0 saturated carbocycles. The number of allylic oxidation sites excluding steroid dienone is 2. The van der Waals surface area contributed by atoms with Crippen LogP contribution in [-0.2, 0) is 16.1 Å². The van der Waals surface area contributed by atoms with Crippen LogP contribution in [0, 0.1) is 11.3 Å². The van der Waals surface area contributed by atoms with E-state index in [1.54, 1.807) is 31.1 Å². The molecule has 2 aromatic rings. The number of benzene rings is 2. The van der Waals surface area contributed by atoms with Crippen molar-refractivity contribution >= 4 is 22.9 Å². The molecule has 0 spiro atoms. The highest BCUT2D eigenvalue weighted by molar-refractivity contribution is 8.17. The maximum absolute atomic E-state index is 12.7. The molecule has 0 aromatic heterocycles. The minimum atomic E-state index is -0.639.